The highest BCUT2D eigenvalue weighted by molar-refractivity contribution is 7.12. The van der Waals surface area contributed by atoms with Crippen LogP contribution in [0.5, 0.6) is 0 Å². The van der Waals surface area contributed by atoms with Crippen LogP contribution in [0.3, 0.4) is 0 Å². The maximum Gasteiger partial charge on any atom is 0.329 e. The third-order valence-electron chi connectivity index (χ3n) is 4.18. The van der Waals surface area contributed by atoms with Gasteiger partial charge in [0.2, 0.25) is 0 Å². The number of para-hydroxylation sites is 1. The molecule has 0 spiro atoms. The standard InChI is InChI=1S/C19H17N3O4S/c20-11-13-5-1-2-6-14(13)21-17(23)12-26-19(25)15-7-3-9-22(15)18(24)16-8-4-10-27-16/h1-2,4-6,8,10,15H,3,7,9,12H2,(H,21,23)/t15-/m0/s1. The van der Waals surface area contributed by atoms with Crippen LogP contribution in [0.2, 0.25) is 0 Å². The third kappa shape index (κ3) is 4.33. The van der Waals surface area contributed by atoms with E-state index in [1.54, 1.807) is 41.8 Å². The predicted molar refractivity (Wildman–Crippen MR) is 99.1 cm³/mol. The molecule has 0 saturated carbocycles. The molecule has 8 heteroatoms. The Morgan fingerprint density at radius 3 is 2.81 bits per heavy atom. The number of nitriles is 1. The molecular formula is C19H17N3O4S. The summed E-state index contributed by atoms with van der Waals surface area (Å²) in [5, 5.41) is 13.4. The van der Waals surface area contributed by atoms with Crippen molar-refractivity contribution in [3.05, 3.63) is 52.2 Å². The minimum atomic E-state index is -0.682. The number of likely N-dealkylation sites (tertiary alicyclic amines) is 1. The van der Waals surface area contributed by atoms with E-state index >= 15 is 0 Å². The zero-order valence-corrected chi connectivity index (χ0v) is 15.2. The van der Waals surface area contributed by atoms with Gasteiger partial charge in [-0.05, 0) is 36.4 Å². The lowest BCUT2D eigenvalue weighted by molar-refractivity contribution is -0.151. The van der Waals surface area contributed by atoms with Crippen molar-refractivity contribution in [2.75, 3.05) is 18.5 Å². The van der Waals surface area contributed by atoms with Crippen LogP contribution < -0.4 is 5.32 Å². The molecule has 1 aromatic heterocycles. The quantitative estimate of drug-likeness (QED) is 0.799. The summed E-state index contributed by atoms with van der Waals surface area (Å²) in [6.07, 6.45) is 1.22. The van der Waals surface area contributed by atoms with E-state index in [1.165, 1.54) is 16.2 Å². The summed E-state index contributed by atoms with van der Waals surface area (Å²) in [4.78, 5) is 38.9. The largest absolute Gasteiger partial charge is 0.454 e. The second-order valence-electron chi connectivity index (χ2n) is 5.95. The zero-order chi connectivity index (χ0) is 19.2. The summed E-state index contributed by atoms with van der Waals surface area (Å²) < 4.78 is 5.11. The smallest absolute Gasteiger partial charge is 0.329 e. The van der Waals surface area contributed by atoms with Crippen molar-refractivity contribution in [3.8, 4) is 6.07 Å². The summed E-state index contributed by atoms with van der Waals surface area (Å²) in [7, 11) is 0. The molecular weight excluding hydrogens is 366 g/mol. The first-order chi connectivity index (χ1) is 13.1. The monoisotopic (exact) mass is 383 g/mol. The molecule has 1 saturated heterocycles. The molecule has 1 aliphatic rings. The zero-order valence-electron chi connectivity index (χ0n) is 14.4. The molecule has 27 heavy (non-hydrogen) atoms. The normalized spacial score (nSPS) is 15.8. The van der Waals surface area contributed by atoms with E-state index in [-0.39, 0.29) is 5.91 Å². The van der Waals surface area contributed by atoms with E-state index in [0.29, 0.717) is 35.5 Å². The lowest BCUT2D eigenvalue weighted by Gasteiger charge is -2.22. The highest BCUT2D eigenvalue weighted by atomic mass is 32.1. The molecule has 2 heterocycles. The lowest BCUT2D eigenvalue weighted by Crippen LogP contribution is -2.41. The van der Waals surface area contributed by atoms with Gasteiger partial charge in [0.25, 0.3) is 11.8 Å². The average Bonchev–Trinajstić information content (AvgIpc) is 3.38. The van der Waals surface area contributed by atoms with Crippen LogP contribution in [0.4, 0.5) is 5.69 Å². The Hall–Kier alpha value is -3.18. The van der Waals surface area contributed by atoms with Gasteiger partial charge in [-0.15, -0.1) is 11.3 Å². The van der Waals surface area contributed by atoms with Gasteiger partial charge in [0.05, 0.1) is 16.1 Å². The minimum absolute atomic E-state index is 0.197. The Balaban J connectivity index is 1.56. The maximum atomic E-state index is 12.5. The molecule has 0 unspecified atom stereocenters. The van der Waals surface area contributed by atoms with Crippen molar-refractivity contribution in [2.24, 2.45) is 0 Å². The molecule has 1 atom stereocenters. The number of hydrogen-bond acceptors (Lipinski definition) is 6. The van der Waals surface area contributed by atoms with Gasteiger partial charge in [0.1, 0.15) is 12.1 Å². The maximum absolute atomic E-state index is 12.5. The van der Waals surface area contributed by atoms with E-state index in [0.717, 1.165) is 0 Å². The van der Waals surface area contributed by atoms with E-state index in [9.17, 15) is 14.4 Å². The van der Waals surface area contributed by atoms with Gasteiger partial charge >= 0.3 is 5.97 Å². The van der Waals surface area contributed by atoms with Crippen LogP contribution in [-0.4, -0.2) is 41.9 Å². The molecule has 2 amide bonds. The Morgan fingerprint density at radius 1 is 1.26 bits per heavy atom. The number of rotatable bonds is 5. The van der Waals surface area contributed by atoms with E-state index in [2.05, 4.69) is 5.32 Å². The molecule has 138 valence electrons. The third-order valence-corrected chi connectivity index (χ3v) is 5.04. The molecule has 3 rings (SSSR count). The number of benzene rings is 1. The average molecular weight is 383 g/mol. The van der Waals surface area contributed by atoms with E-state index in [1.807, 2.05) is 6.07 Å². The van der Waals surface area contributed by atoms with Crippen molar-refractivity contribution in [2.45, 2.75) is 18.9 Å². The lowest BCUT2D eigenvalue weighted by atomic mass is 10.2. The number of carbonyl (C=O) groups excluding carboxylic acids is 3. The summed E-state index contributed by atoms with van der Waals surface area (Å²) in [6, 6.07) is 11.3. The highest BCUT2D eigenvalue weighted by Gasteiger charge is 2.36. The van der Waals surface area contributed by atoms with Crippen molar-refractivity contribution >= 4 is 34.8 Å². The van der Waals surface area contributed by atoms with Gasteiger partial charge < -0.3 is 15.0 Å². The molecule has 1 aromatic carbocycles. The molecule has 1 N–H and O–H groups in total. The van der Waals surface area contributed by atoms with Crippen molar-refractivity contribution in [1.82, 2.24) is 4.90 Å². The van der Waals surface area contributed by atoms with Crippen LogP contribution in [0.1, 0.15) is 28.1 Å². The second kappa shape index (κ2) is 8.47. The van der Waals surface area contributed by atoms with E-state index in [4.69, 9.17) is 10.00 Å². The summed E-state index contributed by atoms with van der Waals surface area (Å²) in [6.45, 7) is 0.00830. The second-order valence-corrected chi connectivity index (χ2v) is 6.89. The number of nitrogens with one attached hydrogen (secondary N) is 1. The highest BCUT2D eigenvalue weighted by Crippen LogP contribution is 2.23. The topological polar surface area (TPSA) is 99.5 Å². The summed E-state index contributed by atoms with van der Waals surface area (Å²) in [5.41, 5.74) is 0.678. The van der Waals surface area contributed by atoms with Crippen LogP contribution in [0.25, 0.3) is 0 Å². The molecule has 0 bridgehead atoms. The van der Waals surface area contributed by atoms with Gasteiger partial charge in [-0.3, -0.25) is 9.59 Å². The van der Waals surface area contributed by atoms with Crippen LogP contribution in [-0.2, 0) is 14.3 Å². The number of esters is 1. The van der Waals surface area contributed by atoms with Gasteiger partial charge in [0.15, 0.2) is 6.61 Å². The Kier molecular flexibility index (Phi) is 5.84. The Bertz CT molecular complexity index is 889. The van der Waals surface area contributed by atoms with Crippen LogP contribution in [0.15, 0.2) is 41.8 Å². The summed E-state index contributed by atoms with van der Waals surface area (Å²) >= 11 is 1.32. The number of hydrogen-bond donors (Lipinski definition) is 1. The molecule has 2 aromatic rings. The van der Waals surface area contributed by atoms with Gasteiger partial charge in [-0.25, -0.2) is 4.79 Å². The molecule has 7 nitrogen and oxygen atoms in total. The fraction of sp³-hybridized carbons (Fsp3) is 0.263. The van der Waals surface area contributed by atoms with E-state index < -0.39 is 24.5 Å². The Labute approximate surface area is 160 Å². The molecule has 0 radical (unpaired) electrons. The fourth-order valence-corrected chi connectivity index (χ4v) is 3.58. The fourth-order valence-electron chi connectivity index (χ4n) is 2.91. The van der Waals surface area contributed by atoms with Gasteiger partial charge in [0, 0.05) is 6.54 Å². The van der Waals surface area contributed by atoms with Crippen LogP contribution in [0, 0.1) is 11.3 Å². The molecule has 1 aliphatic heterocycles. The molecule has 1 fully saturated rings. The Morgan fingerprint density at radius 2 is 2.07 bits per heavy atom. The first kappa shape index (κ1) is 18.6. The number of carbonyl (C=O) groups is 3. The van der Waals surface area contributed by atoms with Crippen molar-refractivity contribution in [1.29, 1.82) is 5.26 Å². The predicted octanol–water partition coefficient (Wildman–Crippen LogP) is 2.41. The SMILES string of the molecule is N#Cc1ccccc1NC(=O)COC(=O)[C@@H]1CCCN1C(=O)c1cccs1. The van der Waals surface area contributed by atoms with Gasteiger partial charge in [-0.2, -0.15) is 5.26 Å². The van der Waals surface area contributed by atoms with Gasteiger partial charge in [-0.1, -0.05) is 18.2 Å². The number of anilines is 1. The number of amides is 2. The summed E-state index contributed by atoms with van der Waals surface area (Å²) in [5.74, 6) is -1.34. The number of nitrogens with zero attached hydrogens (tertiary/aromatic N) is 2. The van der Waals surface area contributed by atoms with Crippen LogP contribution >= 0.6 is 11.3 Å². The minimum Gasteiger partial charge on any atom is -0.454 e. The first-order valence-electron chi connectivity index (χ1n) is 8.40. The molecule has 0 aliphatic carbocycles. The number of ether oxygens (including phenoxy) is 1. The number of thiophene rings is 1. The van der Waals surface area contributed by atoms with Crippen molar-refractivity contribution in [3.63, 3.8) is 0 Å². The first-order valence-corrected chi connectivity index (χ1v) is 9.28. The van der Waals surface area contributed by atoms with Crippen molar-refractivity contribution < 1.29 is 19.1 Å².